The lowest BCUT2D eigenvalue weighted by atomic mass is 9.83. The maximum Gasteiger partial charge on any atom is 0.416 e. The molecule has 0 spiro atoms. The Kier molecular flexibility index (Phi) is 7.06. The summed E-state index contributed by atoms with van der Waals surface area (Å²) >= 11 is 0. The van der Waals surface area contributed by atoms with Gasteiger partial charge in [-0.15, -0.1) is 0 Å². The van der Waals surface area contributed by atoms with Crippen LogP contribution in [0.1, 0.15) is 78.6 Å². The van der Waals surface area contributed by atoms with Crippen LogP contribution in [0.4, 0.5) is 19.0 Å². The number of alkyl halides is 3. The average molecular weight is 517 g/mol. The molecule has 1 aromatic carbocycles. The standard InChI is InChI=1S/C26H31F3N6O2/c1-34-14-3-2-7-19(34)24-33-22-20(35(24)15-17-8-10-18(11-9-17)26(27,28)29)21(31-23(32-22)25(36)37)30-13-12-16-5-4-6-16/h8-11,16,19H,2-7,12-15H2,1H3,(H,36,37)(H,30,31,32). The fraction of sp³-hybridized carbons (Fsp3) is 0.538. The summed E-state index contributed by atoms with van der Waals surface area (Å²) in [4.78, 5) is 27.4. The van der Waals surface area contributed by atoms with Crippen molar-refractivity contribution in [2.75, 3.05) is 25.5 Å². The Bertz CT molecular complexity index is 1270. The number of anilines is 1. The SMILES string of the molecule is CN1CCCCC1c1nc2nc(C(=O)O)nc(NCCC3CCC3)c2n1Cc1ccc(C(F)(F)F)cc1. The van der Waals surface area contributed by atoms with Gasteiger partial charge in [-0.3, -0.25) is 4.90 Å². The number of fused-ring (bicyclic) bond motifs is 1. The third-order valence-corrected chi connectivity index (χ3v) is 7.58. The molecule has 3 aromatic rings. The number of aromatic nitrogens is 4. The zero-order chi connectivity index (χ0) is 26.2. The predicted octanol–water partition coefficient (Wildman–Crippen LogP) is 5.35. The summed E-state index contributed by atoms with van der Waals surface area (Å²) in [5, 5.41) is 13.0. The molecule has 1 saturated carbocycles. The Labute approximate surface area is 212 Å². The quantitative estimate of drug-likeness (QED) is 0.417. The third-order valence-electron chi connectivity index (χ3n) is 7.58. The van der Waals surface area contributed by atoms with Gasteiger partial charge in [0.25, 0.3) is 0 Å². The van der Waals surface area contributed by atoms with Gasteiger partial charge in [-0.05, 0) is 56.5 Å². The highest BCUT2D eigenvalue weighted by atomic mass is 19.4. The molecule has 0 bridgehead atoms. The molecule has 1 aliphatic carbocycles. The van der Waals surface area contributed by atoms with Gasteiger partial charge in [0.2, 0.25) is 5.82 Å². The predicted molar refractivity (Wildman–Crippen MR) is 132 cm³/mol. The number of likely N-dealkylation sites (tertiary alicyclic amines) is 1. The molecule has 37 heavy (non-hydrogen) atoms. The fourth-order valence-electron chi connectivity index (χ4n) is 5.25. The van der Waals surface area contributed by atoms with Gasteiger partial charge in [-0.25, -0.2) is 19.7 Å². The summed E-state index contributed by atoms with van der Waals surface area (Å²) in [6, 6.07) is 5.08. The van der Waals surface area contributed by atoms with Crippen molar-refractivity contribution in [3.8, 4) is 0 Å². The molecular weight excluding hydrogens is 485 g/mol. The summed E-state index contributed by atoms with van der Waals surface area (Å²) in [5.74, 6) is 0.202. The molecule has 0 amide bonds. The van der Waals surface area contributed by atoms with Crippen molar-refractivity contribution >= 4 is 23.0 Å². The van der Waals surface area contributed by atoms with Gasteiger partial charge in [-0.2, -0.15) is 13.2 Å². The van der Waals surface area contributed by atoms with E-state index >= 15 is 0 Å². The zero-order valence-electron chi connectivity index (χ0n) is 20.8. The number of rotatable bonds is 8. The summed E-state index contributed by atoms with van der Waals surface area (Å²) in [6.45, 7) is 1.80. The molecule has 2 N–H and O–H groups in total. The number of imidazole rings is 1. The first kappa shape index (κ1) is 25.4. The number of halogens is 3. The Morgan fingerprint density at radius 1 is 1.08 bits per heavy atom. The smallest absolute Gasteiger partial charge is 0.416 e. The van der Waals surface area contributed by atoms with Crippen LogP contribution in [0.2, 0.25) is 0 Å². The fourth-order valence-corrected chi connectivity index (χ4v) is 5.25. The molecule has 198 valence electrons. The summed E-state index contributed by atoms with van der Waals surface area (Å²) in [6.07, 6.45) is 3.16. The van der Waals surface area contributed by atoms with Crippen LogP contribution in [0, 0.1) is 5.92 Å². The minimum atomic E-state index is -4.41. The Morgan fingerprint density at radius 2 is 1.84 bits per heavy atom. The van der Waals surface area contributed by atoms with Crippen LogP contribution >= 0.6 is 0 Å². The van der Waals surface area contributed by atoms with Crippen LogP contribution in [0.15, 0.2) is 24.3 Å². The van der Waals surface area contributed by atoms with Crippen LogP contribution < -0.4 is 5.32 Å². The third kappa shape index (κ3) is 5.41. The van der Waals surface area contributed by atoms with Crippen molar-refractivity contribution in [1.82, 2.24) is 24.4 Å². The number of hydrogen-bond donors (Lipinski definition) is 2. The summed E-state index contributed by atoms with van der Waals surface area (Å²) in [5.41, 5.74) is 0.827. The van der Waals surface area contributed by atoms with Crippen molar-refractivity contribution in [1.29, 1.82) is 0 Å². The van der Waals surface area contributed by atoms with Gasteiger partial charge in [0, 0.05) is 13.1 Å². The van der Waals surface area contributed by atoms with E-state index in [1.54, 1.807) is 0 Å². The number of nitrogens with one attached hydrogen (secondary N) is 1. The van der Waals surface area contributed by atoms with Crippen molar-refractivity contribution in [2.45, 2.75) is 63.7 Å². The highest BCUT2D eigenvalue weighted by Gasteiger charge is 2.31. The second kappa shape index (κ2) is 10.3. The summed E-state index contributed by atoms with van der Waals surface area (Å²) < 4.78 is 41.3. The monoisotopic (exact) mass is 516 g/mol. The van der Waals surface area contributed by atoms with Gasteiger partial charge >= 0.3 is 12.1 Å². The largest absolute Gasteiger partial charge is 0.475 e. The molecule has 1 saturated heterocycles. The molecule has 1 unspecified atom stereocenters. The molecule has 5 rings (SSSR count). The van der Waals surface area contributed by atoms with Crippen LogP contribution in [0.3, 0.4) is 0 Å². The second-order valence-electron chi connectivity index (χ2n) is 10.1. The van der Waals surface area contributed by atoms with Crippen molar-refractivity contribution in [3.63, 3.8) is 0 Å². The van der Waals surface area contributed by atoms with Gasteiger partial charge in [0.15, 0.2) is 11.5 Å². The van der Waals surface area contributed by atoms with E-state index in [2.05, 4.69) is 20.2 Å². The van der Waals surface area contributed by atoms with E-state index in [1.165, 1.54) is 31.4 Å². The highest BCUT2D eigenvalue weighted by Crippen LogP contribution is 2.35. The van der Waals surface area contributed by atoms with E-state index in [-0.39, 0.29) is 24.1 Å². The Morgan fingerprint density at radius 3 is 2.46 bits per heavy atom. The van der Waals surface area contributed by atoms with E-state index in [1.807, 2.05) is 11.6 Å². The lowest BCUT2D eigenvalue weighted by Crippen LogP contribution is -2.31. The van der Waals surface area contributed by atoms with E-state index in [9.17, 15) is 23.1 Å². The van der Waals surface area contributed by atoms with Crippen molar-refractivity contribution in [2.24, 2.45) is 5.92 Å². The Hall–Kier alpha value is -3.21. The first-order chi connectivity index (χ1) is 17.7. The molecule has 2 aliphatic rings. The lowest BCUT2D eigenvalue weighted by molar-refractivity contribution is -0.137. The van der Waals surface area contributed by atoms with Gasteiger partial charge < -0.3 is 15.0 Å². The van der Waals surface area contributed by atoms with E-state index < -0.39 is 17.7 Å². The average Bonchev–Trinajstić information content (AvgIpc) is 3.18. The minimum Gasteiger partial charge on any atom is -0.475 e. The number of benzene rings is 1. The molecule has 0 radical (unpaired) electrons. The van der Waals surface area contributed by atoms with Crippen molar-refractivity contribution < 1.29 is 23.1 Å². The zero-order valence-corrected chi connectivity index (χ0v) is 20.8. The minimum absolute atomic E-state index is 0.0199. The van der Waals surface area contributed by atoms with Crippen molar-refractivity contribution in [3.05, 3.63) is 47.0 Å². The number of carboxylic acid groups (broad SMARTS) is 1. The molecule has 3 heterocycles. The molecule has 2 fully saturated rings. The van der Waals surface area contributed by atoms with Crippen LogP contribution in [-0.4, -0.2) is 55.6 Å². The molecule has 1 aliphatic heterocycles. The molecule has 11 heteroatoms. The number of hydrogen-bond acceptors (Lipinski definition) is 6. The van der Waals surface area contributed by atoms with Gasteiger partial charge in [0.05, 0.1) is 11.6 Å². The molecular formula is C26H31F3N6O2. The molecule has 2 aromatic heterocycles. The maximum absolute atomic E-state index is 13.1. The number of aromatic carboxylic acids is 1. The second-order valence-corrected chi connectivity index (χ2v) is 10.1. The van der Waals surface area contributed by atoms with Crippen LogP contribution in [0.25, 0.3) is 11.2 Å². The summed E-state index contributed by atoms with van der Waals surface area (Å²) in [7, 11) is 2.03. The first-order valence-corrected chi connectivity index (χ1v) is 12.8. The number of carbonyl (C=O) groups is 1. The Balaban J connectivity index is 1.58. The van der Waals surface area contributed by atoms with Crippen LogP contribution in [0.5, 0.6) is 0 Å². The molecule has 1 atom stereocenters. The molecule has 8 nitrogen and oxygen atoms in total. The maximum atomic E-state index is 13.1. The van der Waals surface area contributed by atoms with Gasteiger partial charge in [-0.1, -0.05) is 37.8 Å². The topological polar surface area (TPSA) is 96.2 Å². The van der Waals surface area contributed by atoms with E-state index in [0.29, 0.717) is 29.4 Å². The number of nitrogens with zero attached hydrogens (tertiary/aromatic N) is 5. The van der Waals surface area contributed by atoms with E-state index in [0.717, 1.165) is 50.2 Å². The number of carboxylic acids is 1. The van der Waals surface area contributed by atoms with Gasteiger partial charge in [0.1, 0.15) is 11.3 Å². The van der Waals surface area contributed by atoms with E-state index in [4.69, 9.17) is 4.98 Å². The normalized spacial score (nSPS) is 19.2. The number of piperidine rings is 1. The lowest BCUT2D eigenvalue weighted by Gasteiger charge is -2.32. The first-order valence-electron chi connectivity index (χ1n) is 12.8. The van der Waals surface area contributed by atoms with Crippen LogP contribution in [-0.2, 0) is 12.7 Å². The highest BCUT2D eigenvalue weighted by molar-refractivity contribution is 5.90.